The number of rotatable bonds is 3. The number of carbonyl (C=O) groups is 1. The highest BCUT2D eigenvalue weighted by Crippen LogP contribution is 2.18. The Morgan fingerprint density at radius 3 is 3.18 bits per heavy atom. The molecule has 0 aliphatic carbocycles. The quantitative estimate of drug-likeness (QED) is 0.848. The van der Waals surface area contributed by atoms with E-state index in [4.69, 9.17) is 11.6 Å². The lowest BCUT2D eigenvalue weighted by Gasteiger charge is -1.96. The highest BCUT2D eigenvalue weighted by atomic mass is 35.5. The molecule has 5 heteroatoms. The Balaban J connectivity index is 2.35. The highest BCUT2D eigenvalue weighted by molar-refractivity contribution is 6.31. The fourth-order valence-corrected chi connectivity index (χ4v) is 1.76. The van der Waals surface area contributed by atoms with Crippen molar-refractivity contribution < 1.29 is 4.79 Å². The number of fused-ring (bicyclic) bond motifs is 1. The number of amides is 1. The lowest BCUT2D eigenvalue weighted by molar-refractivity contribution is -0.116. The third kappa shape index (κ3) is 2.47. The van der Waals surface area contributed by atoms with Crippen LogP contribution in [0.5, 0.6) is 0 Å². The molecule has 17 heavy (non-hydrogen) atoms. The van der Waals surface area contributed by atoms with E-state index in [9.17, 15) is 4.79 Å². The maximum atomic E-state index is 11.3. The number of carbonyl (C=O) groups excluding carboxylic acids is 1. The summed E-state index contributed by atoms with van der Waals surface area (Å²) in [7, 11) is 0. The van der Waals surface area contributed by atoms with Crippen LogP contribution in [0.15, 0.2) is 30.5 Å². The van der Waals surface area contributed by atoms with Gasteiger partial charge in [-0.3, -0.25) is 9.20 Å². The average Bonchev–Trinajstić information content (AvgIpc) is 2.62. The van der Waals surface area contributed by atoms with Gasteiger partial charge in [0, 0.05) is 18.8 Å². The summed E-state index contributed by atoms with van der Waals surface area (Å²) in [5.74, 6) is -0.144. The zero-order valence-electron chi connectivity index (χ0n) is 9.35. The first-order valence-corrected chi connectivity index (χ1v) is 5.68. The molecular formula is C12H12ClN3O. The number of aromatic nitrogens is 2. The normalized spacial score (nSPS) is 11.2. The third-order valence-corrected chi connectivity index (χ3v) is 2.54. The molecule has 0 bridgehead atoms. The molecule has 0 aromatic carbocycles. The second-order valence-corrected chi connectivity index (χ2v) is 3.80. The van der Waals surface area contributed by atoms with Crippen molar-refractivity contribution in [1.82, 2.24) is 14.7 Å². The summed E-state index contributed by atoms with van der Waals surface area (Å²) in [5, 5.41) is 3.06. The molecule has 2 aromatic rings. The van der Waals surface area contributed by atoms with Crippen LogP contribution < -0.4 is 5.32 Å². The smallest absolute Gasteiger partial charge is 0.244 e. The van der Waals surface area contributed by atoms with Crippen molar-refractivity contribution in [3.63, 3.8) is 0 Å². The Hall–Kier alpha value is -1.81. The van der Waals surface area contributed by atoms with Gasteiger partial charge in [-0.2, -0.15) is 0 Å². The minimum atomic E-state index is -0.144. The van der Waals surface area contributed by atoms with Crippen LogP contribution in [0.2, 0.25) is 5.15 Å². The van der Waals surface area contributed by atoms with E-state index in [1.54, 1.807) is 6.08 Å². The van der Waals surface area contributed by atoms with E-state index in [0.29, 0.717) is 17.4 Å². The van der Waals surface area contributed by atoms with Crippen molar-refractivity contribution in [2.75, 3.05) is 6.54 Å². The van der Waals surface area contributed by atoms with Crippen LogP contribution in [0.3, 0.4) is 0 Å². The molecule has 0 saturated heterocycles. The van der Waals surface area contributed by atoms with Gasteiger partial charge in [-0.15, -0.1) is 0 Å². The lowest BCUT2D eigenvalue weighted by atomic mass is 10.3. The molecule has 0 fully saturated rings. The van der Waals surface area contributed by atoms with Gasteiger partial charge in [-0.25, -0.2) is 4.98 Å². The molecular weight excluding hydrogens is 238 g/mol. The fourth-order valence-electron chi connectivity index (χ4n) is 1.52. The van der Waals surface area contributed by atoms with Gasteiger partial charge in [0.1, 0.15) is 5.65 Å². The molecule has 2 rings (SSSR count). The van der Waals surface area contributed by atoms with Gasteiger partial charge in [0.05, 0.1) is 5.69 Å². The number of halogens is 1. The Labute approximate surface area is 104 Å². The van der Waals surface area contributed by atoms with Crippen LogP contribution in [-0.2, 0) is 4.79 Å². The molecule has 4 nitrogen and oxygen atoms in total. The Bertz CT molecular complexity index is 574. The minimum Gasteiger partial charge on any atom is -0.353 e. The number of pyridine rings is 1. The zero-order chi connectivity index (χ0) is 12.3. The summed E-state index contributed by atoms with van der Waals surface area (Å²) >= 11 is 6.01. The molecule has 0 radical (unpaired) electrons. The highest BCUT2D eigenvalue weighted by Gasteiger charge is 2.06. The number of imidazole rings is 1. The molecule has 0 atom stereocenters. The molecule has 2 aromatic heterocycles. The van der Waals surface area contributed by atoms with Gasteiger partial charge in [0.25, 0.3) is 0 Å². The predicted octanol–water partition coefficient (Wildman–Crippen LogP) is 2.14. The SMILES string of the molecule is CCNC(=O)/C=C/c1c(Cl)nc2ccccn12. The second-order valence-electron chi connectivity index (χ2n) is 3.44. The number of nitrogens with zero attached hydrogens (tertiary/aromatic N) is 2. The fraction of sp³-hybridized carbons (Fsp3) is 0.167. The first kappa shape index (κ1) is 11.7. The van der Waals surface area contributed by atoms with Gasteiger partial charge >= 0.3 is 0 Å². The lowest BCUT2D eigenvalue weighted by Crippen LogP contribution is -2.19. The van der Waals surface area contributed by atoms with Crippen LogP contribution in [0, 0.1) is 0 Å². The molecule has 88 valence electrons. The summed E-state index contributed by atoms with van der Waals surface area (Å²) < 4.78 is 1.83. The van der Waals surface area contributed by atoms with Gasteiger partial charge < -0.3 is 5.32 Å². The largest absolute Gasteiger partial charge is 0.353 e. The number of likely N-dealkylation sites (N-methyl/N-ethyl adjacent to an activating group) is 1. The summed E-state index contributed by atoms with van der Waals surface area (Å²) in [6.07, 6.45) is 4.96. The van der Waals surface area contributed by atoms with E-state index < -0.39 is 0 Å². The topological polar surface area (TPSA) is 46.4 Å². The second kappa shape index (κ2) is 5.01. The van der Waals surface area contributed by atoms with Gasteiger partial charge in [0.2, 0.25) is 5.91 Å². The van der Waals surface area contributed by atoms with Crippen LogP contribution in [0.25, 0.3) is 11.7 Å². The van der Waals surface area contributed by atoms with Gasteiger partial charge in [-0.1, -0.05) is 17.7 Å². The molecule has 2 heterocycles. The molecule has 0 saturated carbocycles. The van der Waals surface area contributed by atoms with Crippen molar-refractivity contribution >= 4 is 29.2 Å². The van der Waals surface area contributed by atoms with Crippen molar-refractivity contribution in [3.8, 4) is 0 Å². The van der Waals surface area contributed by atoms with Crippen molar-refractivity contribution in [2.45, 2.75) is 6.92 Å². The van der Waals surface area contributed by atoms with Crippen LogP contribution >= 0.6 is 11.6 Å². The maximum absolute atomic E-state index is 11.3. The summed E-state index contributed by atoms with van der Waals surface area (Å²) in [5.41, 5.74) is 1.46. The summed E-state index contributed by atoms with van der Waals surface area (Å²) in [6, 6.07) is 5.62. The molecule has 0 spiro atoms. The van der Waals surface area contributed by atoms with Crippen LogP contribution in [0.4, 0.5) is 0 Å². The molecule has 1 amide bonds. The van der Waals surface area contributed by atoms with E-state index in [0.717, 1.165) is 5.65 Å². The molecule has 0 unspecified atom stereocenters. The number of hydrogen-bond acceptors (Lipinski definition) is 2. The van der Waals surface area contributed by atoms with Crippen LogP contribution in [-0.4, -0.2) is 21.8 Å². The average molecular weight is 250 g/mol. The van der Waals surface area contributed by atoms with Crippen molar-refractivity contribution in [3.05, 3.63) is 41.3 Å². The summed E-state index contributed by atoms with van der Waals surface area (Å²) in [4.78, 5) is 15.5. The van der Waals surface area contributed by atoms with E-state index in [1.165, 1.54) is 6.08 Å². The Kier molecular flexibility index (Phi) is 3.44. The Morgan fingerprint density at radius 2 is 2.41 bits per heavy atom. The van der Waals surface area contributed by atoms with Crippen molar-refractivity contribution in [1.29, 1.82) is 0 Å². The van der Waals surface area contributed by atoms with E-state index in [-0.39, 0.29) is 5.91 Å². The first-order chi connectivity index (χ1) is 8.22. The molecule has 1 N–H and O–H groups in total. The van der Waals surface area contributed by atoms with Crippen LogP contribution in [0.1, 0.15) is 12.6 Å². The summed E-state index contributed by atoms with van der Waals surface area (Å²) in [6.45, 7) is 2.47. The molecule has 0 aliphatic rings. The van der Waals surface area contributed by atoms with E-state index in [2.05, 4.69) is 10.3 Å². The minimum absolute atomic E-state index is 0.144. The van der Waals surface area contributed by atoms with Gasteiger partial charge in [-0.05, 0) is 25.1 Å². The van der Waals surface area contributed by atoms with Gasteiger partial charge in [0.15, 0.2) is 5.15 Å². The Morgan fingerprint density at radius 1 is 1.59 bits per heavy atom. The number of nitrogens with one attached hydrogen (secondary N) is 1. The maximum Gasteiger partial charge on any atom is 0.244 e. The van der Waals surface area contributed by atoms with E-state index in [1.807, 2.05) is 35.7 Å². The van der Waals surface area contributed by atoms with Crippen molar-refractivity contribution in [2.24, 2.45) is 0 Å². The third-order valence-electron chi connectivity index (χ3n) is 2.27. The molecule has 0 aliphatic heterocycles. The van der Waals surface area contributed by atoms with E-state index >= 15 is 0 Å². The standard InChI is InChI=1S/C12H12ClN3O/c1-2-14-11(17)7-6-9-12(13)15-10-5-3-4-8-16(9)10/h3-8H,2H2,1H3,(H,14,17)/b7-6+. The first-order valence-electron chi connectivity index (χ1n) is 5.31. The number of hydrogen-bond donors (Lipinski definition) is 1. The zero-order valence-corrected chi connectivity index (χ0v) is 10.1. The monoisotopic (exact) mass is 249 g/mol. The predicted molar refractivity (Wildman–Crippen MR) is 67.9 cm³/mol.